The molecule has 0 bridgehead atoms. The van der Waals surface area contributed by atoms with Gasteiger partial charge in [0.2, 0.25) is 0 Å². The first-order valence-electron chi connectivity index (χ1n) is 9.20. The first kappa shape index (κ1) is 21.4. The van der Waals surface area contributed by atoms with E-state index in [-0.39, 0.29) is 23.9 Å². The molecule has 1 amide bonds. The average Bonchev–Trinajstić information content (AvgIpc) is 2.68. The fourth-order valence-electron chi connectivity index (χ4n) is 2.75. The maximum absolute atomic E-state index is 12.9. The minimum absolute atomic E-state index is 0.00643. The summed E-state index contributed by atoms with van der Waals surface area (Å²) in [6.07, 6.45) is 0. The van der Waals surface area contributed by atoms with Crippen molar-refractivity contribution in [1.29, 1.82) is 0 Å². The molecule has 0 saturated carbocycles. The van der Waals surface area contributed by atoms with Crippen LogP contribution < -0.4 is 15.2 Å². The predicted molar refractivity (Wildman–Crippen MR) is 116 cm³/mol. The number of H-pyrrole nitrogens is 1. The molecular weight excluding hydrogens is 410 g/mol. The first-order valence-corrected chi connectivity index (χ1v) is 11.1. The summed E-state index contributed by atoms with van der Waals surface area (Å²) in [7, 11) is 1.66. The van der Waals surface area contributed by atoms with Gasteiger partial charge in [0.25, 0.3) is 11.5 Å². The quantitative estimate of drug-likeness (QED) is 0.407. The highest BCUT2D eigenvalue weighted by atomic mass is 32.2. The van der Waals surface area contributed by atoms with Crippen LogP contribution in [0.4, 0.5) is 5.69 Å². The predicted octanol–water partition coefficient (Wildman–Crippen LogP) is 3.13. The Kier molecular flexibility index (Phi) is 6.69. The zero-order chi connectivity index (χ0) is 21.1. The van der Waals surface area contributed by atoms with Gasteiger partial charge in [0.05, 0.1) is 16.6 Å². The van der Waals surface area contributed by atoms with Crippen molar-refractivity contribution in [2.45, 2.75) is 42.2 Å². The highest BCUT2D eigenvalue weighted by Gasteiger charge is 2.25. The Balaban J connectivity index is 1.76. The van der Waals surface area contributed by atoms with Gasteiger partial charge in [0.15, 0.2) is 17.5 Å². The number of nitrogens with zero attached hydrogens (tertiary/aromatic N) is 2. The van der Waals surface area contributed by atoms with Gasteiger partial charge in [0, 0.05) is 24.4 Å². The lowest BCUT2D eigenvalue weighted by Gasteiger charge is -2.26. The minimum Gasteiger partial charge on any atom is -0.482 e. The van der Waals surface area contributed by atoms with E-state index in [0.29, 0.717) is 38.9 Å². The molecule has 2 aromatic rings. The average molecular weight is 434 g/mol. The molecule has 1 aliphatic rings. The van der Waals surface area contributed by atoms with Gasteiger partial charge in [-0.2, -0.15) is 11.8 Å². The van der Waals surface area contributed by atoms with Crippen LogP contribution in [0, 0.1) is 0 Å². The molecule has 0 radical (unpaired) electrons. The maximum atomic E-state index is 12.9. The van der Waals surface area contributed by atoms with E-state index in [1.165, 1.54) is 22.7 Å². The van der Waals surface area contributed by atoms with Crippen LogP contribution in [0.2, 0.25) is 0 Å². The molecule has 154 valence electrons. The number of hydrogen-bond donors (Lipinski definition) is 1. The molecule has 1 unspecified atom stereocenters. The fraction of sp³-hybridized carbons (Fsp3) is 0.400. The number of aromatic nitrogens is 2. The number of aromatic amines is 1. The number of ether oxygens (including phenoxy) is 1. The number of ketones is 1. The second-order valence-electron chi connectivity index (χ2n) is 6.95. The summed E-state index contributed by atoms with van der Waals surface area (Å²) in [6, 6.07) is 6.54. The second-order valence-corrected chi connectivity index (χ2v) is 9.84. The van der Waals surface area contributed by atoms with Crippen LogP contribution >= 0.6 is 23.5 Å². The van der Waals surface area contributed by atoms with Crippen LogP contribution in [0.3, 0.4) is 0 Å². The van der Waals surface area contributed by atoms with E-state index < -0.39 is 5.25 Å². The van der Waals surface area contributed by atoms with Crippen molar-refractivity contribution in [2.24, 2.45) is 0 Å². The number of Topliss-reactive ketones (excluding diaryl/α,β-unsaturated/α-hetero) is 1. The number of benzene rings is 1. The van der Waals surface area contributed by atoms with Crippen LogP contribution in [0.15, 0.2) is 34.2 Å². The standard InChI is InChI=1S/C20H23N3O4S2/c1-11(2)28-10-14-8-17(24)22-20(21-14)29-12(3)19(26)13-5-6-16-15(7-13)23(4)18(25)9-27-16/h5-8,11-12H,9-10H2,1-4H3,(H,21,22,24). The van der Waals surface area contributed by atoms with Gasteiger partial charge >= 0.3 is 0 Å². The Morgan fingerprint density at radius 1 is 1.28 bits per heavy atom. The summed E-state index contributed by atoms with van der Waals surface area (Å²) in [4.78, 5) is 45.4. The number of rotatable bonds is 7. The summed E-state index contributed by atoms with van der Waals surface area (Å²) >= 11 is 2.91. The van der Waals surface area contributed by atoms with Gasteiger partial charge in [-0.1, -0.05) is 25.6 Å². The van der Waals surface area contributed by atoms with Gasteiger partial charge in [-0.25, -0.2) is 4.98 Å². The number of likely N-dealkylation sites (N-methyl/N-ethyl adjacent to an activating group) is 1. The SMILES string of the molecule is CC(C)SCc1cc(=O)[nH]c(SC(C)C(=O)c2ccc3c(c2)N(C)C(=O)CO3)n1. The van der Waals surface area contributed by atoms with Crippen LogP contribution in [0.1, 0.15) is 36.8 Å². The molecule has 9 heteroatoms. The molecule has 1 atom stereocenters. The van der Waals surface area contributed by atoms with E-state index >= 15 is 0 Å². The van der Waals surface area contributed by atoms with Crippen molar-refractivity contribution in [3.63, 3.8) is 0 Å². The molecule has 0 saturated heterocycles. The third-order valence-electron chi connectivity index (χ3n) is 4.33. The van der Waals surface area contributed by atoms with Gasteiger partial charge in [0.1, 0.15) is 5.75 Å². The zero-order valence-electron chi connectivity index (χ0n) is 16.7. The molecule has 3 rings (SSSR count). The Hall–Kier alpha value is -2.26. The van der Waals surface area contributed by atoms with Crippen LogP contribution in [-0.4, -0.2) is 45.8 Å². The Morgan fingerprint density at radius 2 is 2.03 bits per heavy atom. The van der Waals surface area contributed by atoms with E-state index in [1.54, 1.807) is 43.9 Å². The molecule has 1 aromatic carbocycles. The molecule has 1 N–H and O–H groups in total. The van der Waals surface area contributed by atoms with Gasteiger partial charge < -0.3 is 14.6 Å². The van der Waals surface area contributed by atoms with E-state index in [2.05, 4.69) is 23.8 Å². The van der Waals surface area contributed by atoms with Crippen molar-refractivity contribution in [1.82, 2.24) is 9.97 Å². The summed E-state index contributed by atoms with van der Waals surface area (Å²) in [5, 5.41) is 0.395. The molecule has 0 fully saturated rings. The van der Waals surface area contributed by atoms with Gasteiger partial charge in [-0.3, -0.25) is 14.4 Å². The molecule has 2 heterocycles. The number of nitrogens with one attached hydrogen (secondary N) is 1. The number of hydrogen-bond acceptors (Lipinski definition) is 7. The second kappa shape index (κ2) is 9.04. The minimum atomic E-state index is -0.463. The highest BCUT2D eigenvalue weighted by Crippen LogP contribution is 2.33. The summed E-state index contributed by atoms with van der Waals surface area (Å²) in [5.41, 5.74) is 1.51. The lowest BCUT2D eigenvalue weighted by atomic mass is 10.1. The van der Waals surface area contributed by atoms with Crippen molar-refractivity contribution < 1.29 is 14.3 Å². The van der Waals surface area contributed by atoms with E-state index in [0.717, 1.165) is 0 Å². The number of carbonyl (C=O) groups excluding carboxylic acids is 2. The molecule has 0 aliphatic carbocycles. The summed E-state index contributed by atoms with van der Waals surface area (Å²) in [6.45, 7) is 5.94. The van der Waals surface area contributed by atoms with Crippen molar-refractivity contribution in [2.75, 3.05) is 18.6 Å². The summed E-state index contributed by atoms with van der Waals surface area (Å²) < 4.78 is 5.40. The van der Waals surface area contributed by atoms with Crippen LogP contribution in [-0.2, 0) is 10.5 Å². The van der Waals surface area contributed by atoms with Crippen LogP contribution in [0.25, 0.3) is 0 Å². The fourth-order valence-corrected chi connectivity index (χ4v) is 4.31. The monoisotopic (exact) mass is 433 g/mol. The normalized spacial score (nSPS) is 14.5. The Labute approximate surface area is 177 Å². The van der Waals surface area contributed by atoms with E-state index in [1.807, 2.05) is 0 Å². The smallest absolute Gasteiger partial charge is 0.264 e. The largest absolute Gasteiger partial charge is 0.482 e. The zero-order valence-corrected chi connectivity index (χ0v) is 18.4. The number of amides is 1. The molecule has 29 heavy (non-hydrogen) atoms. The Bertz CT molecular complexity index is 990. The Morgan fingerprint density at radius 3 is 2.76 bits per heavy atom. The molecule has 1 aliphatic heterocycles. The number of carbonyl (C=O) groups is 2. The van der Waals surface area contributed by atoms with Gasteiger partial charge in [-0.05, 0) is 30.4 Å². The lowest BCUT2D eigenvalue weighted by Crippen LogP contribution is -2.35. The van der Waals surface area contributed by atoms with Crippen molar-refractivity contribution >= 4 is 40.9 Å². The maximum Gasteiger partial charge on any atom is 0.264 e. The highest BCUT2D eigenvalue weighted by molar-refractivity contribution is 8.00. The third-order valence-corrected chi connectivity index (χ3v) is 6.44. The third kappa shape index (κ3) is 5.22. The number of thioether (sulfide) groups is 2. The molecule has 1 aromatic heterocycles. The van der Waals surface area contributed by atoms with Gasteiger partial charge in [-0.15, -0.1) is 0 Å². The summed E-state index contributed by atoms with van der Waals surface area (Å²) in [5.74, 6) is 0.935. The van der Waals surface area contributed by atoms with Crippen LogP contribution in [0.5, 0.6) is 5.75 Å². The van der Waals surface area contributed by atoms with E-state index in [9.17, 15) is 14.4 Å². The molecule has 7 nitrogen and oxygen atoms in total. The molecular formula is C20H23N3O4S2. The van der Waals surface area contributed by atoms with E-state index in [4.69, 9.17) is 4.74 Å². The molecule has 0 spiro atoms. The lowest BCUT2D eigenvalue weighted by molar-refractivity contribution is -0.120. The number of fused-ring (bicyclic) bond motifs is 1. The number of anilines is 1. The topological polar surface area (TPSA) is 92.4 Å². The van der Waals surface area contributed by atoms with Crippen molar-refractivity contribution in [3.8, 4) is 5.75 Å². The first-order chi connectivity index (χ1) is 13.7. The van der Waals surface area contributed by atoms with Crippen molar-refractivity contribution in [3.05, 3.63) is 45.9 Å².